The summed E-state index contributed by atoms with van der Waals surface area (Å²) >= 11 is 0. The van der Waals surface area contributed by atoms with Crippen LogP contribution < -0.4 is 4.74 Å². The van der Waals surface area contributed by atoms with Gasteiger partial charge in [0.05, 0.1) is 6.61 Å². The highest BCUT2D eigenvalue weighted by atomic mass is 16.5. The zero-order chi connectivity index (χ0) is 14.5. The molecule has 0 radical (unpaired) electrons. The van der Waals surface area contributed by atoms with Gasteiger partial charge >= 0.3 is 0 Å². The van der Waals surface area contributed by atoms with Crippen molar-refractivity contribution in [3.8, 4) is 28.7 Å². The molecule has 3 aromatic rings. The topological polar surface area (TPSA) is 48.2 Å². The van der Waals surface area contributed by atoms with Crippen molar-refractivity contribution in [1.82, 2.24) is 10.2 Å². The molecule has 0 saturated carbocycles. The summed E-state index contributed by atoms with van der Waals surface area (Å²) in [5, 5.41) is 8.18. The maximum atomic E-state index is 5.71. The summed E-state index contributed by atoms with van der Waals surface area (Å²) in [6.07, 6.45) is 0.992. The maximum Gasteiger partial charge on any atom is 0.248 e. The van der Waals surface area contributed by atoms with Gasteiger partial charge in [0.2, 0.25) is 11.8 Å². The van der Waals surface area contributed by atoms with E-state index in [1.807, 2.05) is 54.6 Å². The first kappa shape index (κ1) is 13.4. The lowest BCUT2D eigenvalue weighted by Gasteiger charge is -2.04. The van der Waals surface area contributed by atoms with E-state index in [9.17, 15) is 0 Å². The number of aromatic nitrogens is 2. The zero-order valence-electron chi connectivity index (χ0n) is 11.8. The molecule has 0 unspecified atom stereocenters. The predicted molar refractivity (Wildman–Crippen MR) is 81.0 cm³/mol. The van der Waals surface area contributed by atoms with Gasteiger partial charge in [-0.25, -0.2) is 0 Å². The van der Waals surface area contributed by atoms with Crippen molar-refractivity contribution in [3.63, 3.8) is 0 Å². The van der Waals surface area contributed by atoms with Crippen molar-refractivity contribution in [3.05, 3.63) is 54.6 Å². The molecule has 0 saturated heterocycles. The van der Waals surface area contributed by atoms with E-state index in [4.69, 9.17) is 9.15 Å². The van der Waals surface area contributed by atoms with E-state index < -0.39 is 0 Å². The third kappa shape index (κ3) is 3.11. The van der Waals surface area contributed by atoms with Gasteiger partial charge in [-0.05, 0) is 42.8 Å². The summed E-state index contributed by atoms with van der Waals surface area (Å²) in [6.45, 7) is 2.80. The molecule has 2 aromatic carbocycles. The number of rotatable bonds is 5. The van der Waals surface area contributed by atoms with Crippen LogP contribution in [-0.4, -0.2) is 16.8 Å². The molecule has 0 spiro atoms. The molecule has 0 N–H and O–H groups in total. The quantitative estimate of drug-likeness (QED) is 0.703. The largest absolute Gasteiger partial charge is 0.494 e. The predicted octanol–water partition coefficient (Wildman–Crippen LogP) is 4.19. The highest BCUT2D eigenvalue weighted by Crippen LogP contribution is 2.25. The highest BCUT2D eigenvalue weighted by molar-refractivity contribution is 5.58. The van der Waals surface area contributed by atoms with Gasteiger partial charge in [-0.2, -0.15) is 0 Å². The molecule has 106 valence electrons. The molecule has 3 rings (SSSR count). The maximum absolute atomic E-state index is 5.71. The second kappa shape index (κ2) is 6.22. The summed E-state index contributed by atoms with van der Waals surface area (Å²) < 4.78 is 11.3. The molecule has 0 bridgehead atoms. The van der Waals surface area contributed by atoms with Crippen molar-refractivity contribution in [2.45, 2.75) is 13.3 Å². The number of hydrogen-bond donors (Lipinski definition) is 0. The fourth-order valence-electron chi connectivity index (χ4n) is 1.95. The highest BCUT2D eigenvalue weighted by Gasteiger charge is 2.10. The SMILES string of the molecule is CCCOc1ccc(-c2nnc(-c3ccccc3)o2)cc1. The van der Waals surface area contributed by atoms with E-state index in [-0.39, 0.29) is 0 Å². The summed E-state index contributed by atoms with van der Waals surface area (Å²) in [6, 6.07) is 17.4. The van der Waals surface area contributed by atoms with Gasteiger partial charge in [0.25, 0.3) is 0 Å². The normalized spacial score (nSPS) is 10.5. The van der Waals surface area contributed by atoms with Gasteiger partial charge in [0.1, 0.15) is 5.75 Å². The van der Waals surface area contributed by atoms with Gasteiger partial charge in [0, 0.05) is 11.1 Å². The van der Waals surface area contributed by atoms with E-state index in [2.05, 4.69) is 17.1 Å². The second-order valence-corrected chi connectivity index (χ2v) is 4.65. The Morgan fingerprint density at radius 2 is 1.48 bits per heavy atom. The van der Waals surface area contributed by atoms with Gasteiger partial charge < -0.3 is 9.15 Å². The van der Waals surface area contributed by atoms with Gasteiger partial charge in [-0.3, -0.25) is 0 Å². The minimum Gasteiger partial charge on any atom is -0.494 e. The Morgan fingerprint density at radius 1 is 0.857 bits per heavy atom. The van der Waals surface area contributed by atoms with Crippen LogP contribution in [0.3, 0.4) is 0 Å². The molecular formula is C17H16N2O2. The molecule has 0 fully saturated rings. The monoisotopic (exact) mass is 280 g/mol. The molecule has 0 aliphatic heterocycles. The Labute approximate surface area is 123 Å². The Morgan fingerprint density at radius 3 is 2.10 bits per heavy atom. The average Bonchev–Trinajstić information content (AvgIpc) is 3.04. The lowest BCUT2D eigenvalue weighted by molar-refractivity contribution is 0.317. The van der Waals surface area contributed by atoms with E-state index in [1.165, 1.54) is 0 Å². The Bertz CT molecular complexity index is 690. The minimum atomic E-state index is 0.510. The Kier molecular flexibility index (Phi) is 3.96. The summed E-state index contributed by atoms with van der Waals surface area (Å²) in [5.41, 5.74) is 1.80. The molecule has 0 aliphatic rings. The lowest BCUT2D eigenvalue weighted by atomic mass is 10.2. The van der Waals surface area contributed by atoms with E-state index in [0.29, 0.717) is 11.8 Å². The van der Waals surface area contributed by atoms with E-state index in [1.54, 1.807) is 0 Å². The number of nitrogens with zero attached hydrogens (tertiary/aromatic N) is 2. The van der Waals surface area contributed by atoms with Gasteiger partial charge in [-0.15, -0.1) is 10.2 Å². The van der Waals surface area contributed by atoms with Crippen LogP contribution in [0.15, 0.2) is 59.0 Å². The third-order valence-corrected chi connectivity index (χ3v) is 3.02. The summed E-state index contributed by atoms with van der Waals surface area (Å²) in [4.78, 5) is 0. The van der Waals surface area contributed by atoms with Gasteiger partial charge in [-0.1, -0.05) is 25.1 Å². The number of hydrogen-bond acceptors (Lipinski definition) is 4. The summed E-state index contributed by atoms with van der Waals surface area (Å²) in [5.74, 6) is 1.89. The number of benzene rings is 2. The van der Waals surface area contributed by atoms with Crippen LogP contribution in [0, 0.1) is 0 Å². The lowest BCUT2D eigenvalue weighted by Crippen LogP contribution is -1.94. The van der Waals surface area contributed by atoms with Crippen molar-refractivity contribution in [2.24, 2.45) is 0 Å². The standard InChI is InChI=1S/C17H16N2O2/c1-2-12-20-15-10-8-14(9-11-15)17-19-18-16(21-17)13-6-4-3-5-7-13/h3-11H,2,12H2,1H3. The fraction of sp³-hybridized carbons (Fsp3) is 0.176. The van der Waals surface area contributed by atoms with Crippen LogP contribution in [0.5, 0.6) is 5.75 Å². The first-order valence-electron chi connectivity index (χ1n) is 6.99. The van der Waals surface area contributed by atoms with Crippen LogP contribution in [-0.2, 0) is 0 Å². The average molecular weight is 280 g/mol. The van der Waals surface area contributed by atoms with Crippen molar-refractivity contribution in [2.75, 3.05) is 6.61 Å². The molecule has 0 amide bonds. The smallest absolute Gasteiger partial charge is 0.248 e. The number of ether oxygens (including phenoxy) is 1. The Balaban J connectivity index is 1.80. The fourth-order valence-corrected chi connectivity index (χ4v) is 1.95. The summed E-state index contributed by atoms with van der Waals surface area (Å²) in [7, 11) is 0. The molecule has 0 atom stereocenters. The molecule has 0 aliphatic carbocycles. The molecular weight excluding hydrogens is 264 g/mol. The molecule has 4 heteroatoms. The van der Waals surface area contributed by atoms with Crippen LogP contribution >= 0.6 is 0 Å². The van der Waals surface area contributed by atoms with Crippen LogP contribution in [0.2, 0.25) is 0 Å². The zero-order valence-corrected chi connectivity index (χ0v) is 11.8. The van der Waals surface area contributed by atoms with Crippen LogP contribution in [0.4, 0.5) is 0 Å². The van der Waals surface area contributed by atoms with Crippen LogP contribution in [0.25, 0.3) is 22.9 Å². The minimum absolute atomic E-state index is 0.510. The molecule has 4 nitrogen and oxygen atoms in total. The van der Waals surface area contributed by atoms with Crippen molar-refractivity contribution in [1.29, 1.82) is 0 Å². The van der Waals surface area contributed by atoms with E-state index >= 15 is 0 Å². The first-order chi connectivity index (χ1) is 10.4. The molecule has 1 aromatic heterocycles. The van der Waals surface area contributed by atoms with E-state index in [0.717, 1.165) is 29.9 Å². The Hall–Kier alpha value is -2.62. The van der Waals surface area contributed by atoms with Crippen molar-refractivity contribution >= 4 is 0 Å². The second-order valence-electron chi connectivity index (χ2n) is 4.65. The van der Waals surface area contributed by atoms with Crippen LogP contribution in [0.1, 0.15) is 13.3 Å². The third-order valence-electron chi connectivity index (χ3n) is 3.02. The molecule has 1 heterocycles. The van der Waals surface area contributed by atoms with Crippen molar-refractivity contribution < 1.29 is 9.15 Å². The molecule has 21 heavy (non-hydrogen) atoms. The van der Waals surface area contributed by atoms with Gasteiger partial charge in [0.15, 0.2) is 0 Å². The first-order valence-corrected chi connectivity index (χ1v) is 6.99.